The molecule has 0 heterocycles. The Morgan fingerprint density at radius 3 is 1.37 bits per heavy atom. The van der Waals surface area contributed by atoms with Crippen molar-refractivity contribution in [2.75, 3.05) is 71.3 Å². The number of sulfonamides is 1. The molecule has 8 N–H and O–H groups in total. The van der Waals surface area contributed by atoms with Crippen LogP contribution in [0, 0.1) is 0 Å². The molecule has 7 aromatic carbocycles. The Morgan fingerprint density at radius 2 is 0.920 bits per heavy atom. The second-order valence-corrected chi connectivity index (χ2v) is 19.0. The van der Waals surface area contributed by atoms with Crippen molar-refractivity contribution in [3.05, 3.63) is 192 Å². The molecule has 0 saturated heterocycles. The van der Waals surface area contributed by atoms with Crippen molar-refractivity contribution in [3.8, 4) is 40.2 Å². The number of aromatic hydroxyl groups is 2. The number of anilines is 2. The van der Waals surface area contributed by atoms with Crippen molar-refractivity contribution < 1.29 is 57.3 Å². The molecule has 2 atom stereocenters. The first kappa shape index (κ1) is 56.5. The van der Waals surface area contributed by atoms with E-state index in [4.69, 9.17) is 23.7 Å². The maximum atomic E-state index is 12.7. The van der Waals surface area contributed by atoms with Gasteiger partial charge in [-0.2, -0.15) is 0 Å². The molecule has 0 aliphatic heterocycles. The Balaban J connectivity index is 0.000000246. The number of benzene rings is 7. The summed E-state index contributed by atoms with van der Waals surface area (Å²) in [7, 11) is 2.69. The second kappa shape index (κ2) is 28.6. The van der Waals surface area contributed by atoms with E-state index in [9.17, 15) is 33.6 Å². The van der Waals surface area contributed by atoms with Crippen LogP contribution in [0.5, 0.6) is 40.2 Å². The van der Waals surface area contributed by atoms with Crippen molar-refractivity contribution in [2.24, 2.45) is 0 Å². The zero-order chi connectivity index (χ0) is 53.6. The van der Waals surface area contributed by atoms with E-state index in [0.29, 0.717) is 37.4 Å². The number of amides is 1. The van der Waals surface area contributed by atoms with E-state index >= 15 is 0 Å². The highest BCUT2D eigenvalue weighted by Gasteiger charge is 2.20. The van der Waals surface area contributed by atoms with Gasteiger partial charge in [0.1, 0.15) is 53.0 Å². The SMILES string of the molecule is COc1ccc(C(CCNCC(O)c2ccc(O)c(NS(=O)(=O)c3ccccc3)c2)c2ccc(OC)cc2)cc1.COc1ccc(C(CCNC[C@H](O)COc2ccc(O)c(NC=O)c2)c2ccc(OC)cc2)cc1. The summed E-state index contributed by atoms with van der Waals surface area (Å²) in [6.07, 6.45) is 0.421. The smallest absolute Gasteiger partial charge is 0.262 e. The van der Waals surface area contributed by atoms with E-state index in [1.807, 2.05) is 48.5 Å². The summed E-state index contributed by atoms with van der Waals surface area (Å²) in [5.41, 5.74) is 5.34. The average molecular weight is 1040 g/mol. The zero-order valence-corrected chi connectivity index (χ0v) is 43.2. The predicted molar refractivity (Wildman–Crippen MR) is 290 cm³/mol. The number of hydrogen-bond donors (Lipinski definition) is 8. The van der Waals surface area contributed by atoms with Crippen LogP contribution in [0.2, 0.25) is 0 Å². The molecule has 17 heteroatoms. The number of phenols is 2. The zero-order valence-electron chi connectivity index (χ0n) is 42.4. The van der Waals surface area contributed by atoms with Crippen molar-refractivity contribution in [2.45, 2.75) is 41.8 Å². The van der Waals surface area contributed by atoms with Crippen LogP contribution in [0.25, 0.3) is 0 Å². The lowest BCUT2D eigenvalue weighted by atomic mass is 9.88. The third-order valence-electron chi connectivity index (χ3n) is 12.3. The summed E-state index contributed by atoms with van der Waals surface area (Å²) >= 11 is 0. The largest absolute Gasteiger partial charge is 0.506 e. The Labute approximate surface area is 438 Å². The monoisotopic (exact) mass is 1040 g/mol. The van der Waals surface area contributed by atoms with Gasteiger partial charge < -0.3 is 60.1 Å². The molecule has 1 unspecified atom stereocenters. The van der Waals surface area contributed by atoms with Crippen LogP contribution in [-0.2, 0) is 14.8 Å². The maximum Gasteiger partial charge on any atom is 0.262 e. The third kappa shape index (κ3) is 16.9. The van der Waals surface area contributed by atoms with Crippen LogP contribution in [0.4, 0.5) is 11.4 Å². The van der Waals surface area contributed by atoms with E-state index in [0.717, 1.165) is 47.0 Å². The predicted octanol–water partition coefficient (Wildman–Crippen LogP) is 8.58. The lowest BCUT2D eigenvalue weighted by molar-refractivity contribution is -0.105. The van der Waals surface area contributed by atoms with E-state index < -0.39 is 22.2 Å². The fourth-order valence-electron chi connectivity index (χ4n) is 8.20. The van der Waals surface area contributed by atoms with Gasteiger partial charge in [-0.15, -0.1) is 0 Å². The standard InChI is InChI=1S/C31H34N2O6S.C27H32N2O6/c1-38-25-13-8-22(9-14-25)28(23-10-15-26(39-2)16-11-23)18-19-32-21-31(35)24-12-17-30(34)29(20-24)33-40(36,37)27-6-4-3-5-7-27;1-33-22-7-3-19(4-8-22)25(20-5-9-23(34-2)10-6-20)13-14-28-16-21(31)17-35-24-11-12-27(32)26(15-24)29-18-30/h3-17,20,28,31-35H,18-19,21H2,1-2H3;3-12,15,18,21,25,28,31-32H,13-14,16-17H2,1-2H3,(H,29,30)/t;21-/m.0/s1. The first-order chi connectivity index (χ1) is 36.3. The number of carbonyl (C=O) groups excluding carboxylic acids is 1. The normalized spacial score (nSPS) is 11.9. The van der Waals surface area contributed by atoms with Gasteiger partial charge in [-0.3, -0.25) is 9.52 Å². The summed E-state index contributed by atoms with van der Waals surface area (Å²) in [5, 5.41) is 50.1. The number of methoxy groups -OCH3 is 4. The van der Waals surface area contributed by atoms with Gasteiger partial charge in [-0.05, 0) is 139 Å². The Hall–Kier alpha value is -7.80. The molecule has 16 nitrogen and oxygen atoms in total. The van der Waals surface area contributed by atoms with Gasteiger partial charge in [0.25, 0.3) is 10.0 Å². The van der Waals surface area contributed by atoms with Gasteiger partial charge >= 0.3 is 0 Å². The molecule has 0 aliphatic carbocycles. The summed E-state index contributed by atoms with van der Waals surface area (Å²) < 4.78 is 54.6. The molecule has 0 bridgehead atoms. The number of aliphatic hydroxyl groups excluding tert-OH is 2. The third-order valence-corrected chi connectivity index (χ3v) is 13.7. The maximum absolute atomic E-state index is 12.7. The number of hydrogen-bond acceptors (Lipinski definition) is 14. The first-order valence-electron chi connectivity index (χ1n) is 24.2. The lowest BCUT2D eigenvalue weighted by Crippen LogP contribution is -2.32. The van der Waals surface area contributed by atoms with E-state index in [-0.39, 0.29) is 52.8 Å². The molecule has 75 heavy (non-hydrogen) atoms. The molecule has 0 saturated carbocycles. The van der Waals surface area contributed by atoms with Gasteiger partial charge in [0.2, 0.25) is 6.41 Å². The molecular formula is C58H66N4O12S. The van der Waals surface area contributed by atoms with E-state index in [1.165, 1.54) is 47.5 Å². The summed E-state index contributed by atoms with van der Waals surface area (Å²) in [6, 6.07) is 48.9. The minimum atomic E-state index is -3.89. The van der Waals surface area contributed by atoms with Crippen LogP contribution in [0.15, 0.2) is 169 Å². The van der Waals surface area contributed by atoms with E-state index in [1.54, 1.807) is 58.8 Å². The molecule has 0 aliphatic rings. The summed E-state index contributed by atoms with van der Waals surface area (Å²) in [4.78, 5) is 10.7. The van der Waals surface area contributed by atoms with Gasteiger partial charge in [-0.1, -0.05) is 72.8 Å². The molecule has 7 aromatic rings. The summed E-state index contributed by atoms with van der Waals surface area (Å²) in [6.45, 7) is 1.97. The lowest BCUT2D eigenvalue weighted by Gasteiger charge is -2.20. The number of carbonyl (C=O) groups is 1. The fraction of sp³-hybridized carbons (Fsp3) is 0.259. The molecule has 0 radical (unpaired) electrons. The van der Waals surface area contributed by atoms with Gasteiger partial charge in [0.05, 0.1) is 50.8 Å². The highest BCUT2D eigenvalue weighted by Crippen LogP contribution is 2.34. The molecule has 0 spiro atoms. The molecule has 1 amide bonds. The van der Waals surface area contributed by atoms with Gasteiger partial charge in [0, 0.05) is 31.0 Å². The number of phenolic OH excluding ortho intramolecular Hbond substituents is 2. The van der Waals surface area contributed by atoms with Crippen LogP contribution < -0.4 is 44.4 Å². The molecule has 396 valence electrons. The van der Waals surface area contributed by atoms with Gasteiger partial charge in [0.15, 0.2) is 0 Å². The van der Waals surface area contributed by atoms with E-state index in [2.05, 4.69) is 69.2 Å². The quantitative estimate of drug-likeness (QED) is 0.0137. The number of nitrogens with one attached hydrogen (secondary N) is 4. The average Bonchev–Trinajstić information content (AvgIpc) is 3.44. The topological polar surface area (TPSA) is 226 Å². The van der Waals surface area contributed by atoms with Crippen LogP contribution >= 0.6 is 0 Å². The molecule has 7 rings (SSSR count). The van der Waals surface area contributed by atoms with Gasteiger partial charge in [-0.25, -0.2) is 8.42 Å². The Bertz CT molecular complexity index is 2840. The highest BCUT2D eigenvalue weighted by molar-refractivity contribution is 7.92. The Morgan fingerprint density at radius 1 is 0.507 bits per heavy atom. The molecule has 0 fully saturated rings. The number of aliphatic hydroxyl groups is 2. The Kier molecular flexibility index (Phi) is 21.5. The fourth-order valence-corrected chi connectivity index (χ4v) is 9.28. The van der Waals surface area contributed by atoms with Crippen LogP contribution in [0.1, 0.15) is 58.6 Å². The van der Waals surface area contributed by atoms with Crippen molar-refractivity contribution in [3.63, 3.8) is 0 Å². The second-order valence-electron chi connectivity index (χ2n) is 17.3. The number of ether oxygens (including phenoxy) is 5. The van der Waals surface area contributed by atoms with Crippen LogP contribution in [0.3, 0.4) is 0 Å². The van der Waals surface area contributed by atoms with Crippen molar-refractivity contribution in [1.29, 1.82) is 0 Å². The number of rotatable bonds is 27. The first-order valence-corrected chi connectivity index (χ1v) is 25.7. The minimum absolute atomic E-state index is 0.000483. The van der Waals surface area contributed by atoms with Crippen molar-refractivity contribution in [1.82, 2.24) is 10.6 Å². The molecule has 0 aromatic heterocycles. The van der Waals surface area contributed by atoms with Crippen LogP contribution in [-0.4, -0.2) is 103 Å². The van der Waals surface area contributed by atoms with Crippen molar-refractivity contribution >= 4 is 27.8 Å². The summed E-state index contributed by atoms with van der Waals surface area (Å²) in [5.74, 6) is 3.61. The molecular weight excluding hydrogens is 977 g/mol. The highest BCUT2D eigenvalue weighted by atomic mass is 32.2. The minimum Gasteiger partial charge on any atom is -0.506 e.